The molecular formula is C28H23N3O3S3. The van der Waals surface area contributed by atoms with Crippen molar-refractivity contribution >= 4 is 67.3 Å². The number of thiophene rings is 1. The van der Waals surface area contributed by atoms with Gasteiger partial charge < -0.3 is 15.4 Å². The maximum Gasteiger partial charge on any atom is 0.265 e. The van der Waals surface area contributed by atoms with Crippen molar-refractivity contribution in [1.29, 1.82) is 0 Å². The largest absolute Gasteiger partial charge is 0.494 e. The average Bonchev–Trinajstić information content (AvgIpc) is 3.59. The van der Waals surface area contributed by atoms with E-state index in [0.29, 0.717) is 22.3 Å². The van der Waals surface area contributed by atoms with Gasteiger partial charge in [-0.15, -0.1) is 23.1 Å². The summed E-state index contributed by atoms with van der Waals surface area (Å²) in [6, 6.07) is 26.5. The quantitative estimate of drug-likeness (QED) is 0.188. The lowest BCUT2D eigenvalue weighted by atomic mass is 10.1. The molecule has 0 spiro atoms. The minimum Gasteiger partial charge on any atom is -0.494 e. The molecule has 2 aromatic heterocycles. The smallest absolute Gasteiger partial charge is 0.265 e. The van der Waals surface area contributed by atoms with E-state index < -0.39 is 5.25 Å². The normalized spacial score (nSPS) is 11.7. The van der Waals surface area contributed by atoms with Crippen LogP contribution in [0.4, 0.5) is 10.8 Å². The molecule has 5 rings (SSSR count). The van der Waals surface area contributed by atoms with E-state index in [1.165, 1.54) is 34.4 Å². The summed E-state index contributed by atoms with van der Waals surface area (Å²) in [6.07, 6.45) is 0. The lowest BCUT2D eigenvalue weighted by molar-refractivity contribution is -0.115. The number of thioether (sulfide) groups is 1. The molecule has 0 aliphatic heterocycles. The van der Waals surface area contributed by atoms with Crippen molar-refractivity contribution in [3.63, 3.8) is 0 Å². The van der Waals surface area contributed by atoms with Gasteiger partial charge in [0, 0.05) is 10.6 Å². The van der Waals surface area contributed by atoms with E-state index in [4.69, 9.17) is 4.74 Å². The lowest BCUT2D eigenvalue weighted by Crippen LogP contribution is -2.18. The summed E-state index contributed by atoms with van der Waals surface area (Å²) in [5.74, 6) is 0.487. The molecule has 2 N–H and O–H groups in total. The minimum absolute atomic E-state index is 0.138. The summed E-state index contributed by atoms with van der Waals surface area (Å²) < 4.78 is 6.53. The van der Waals surface area contributed by atoms with Gasteiger partial charge in [0.25, 0.3) is 5.91 Å². The Morgan fingerprint density at radius 2 is 1.78 bits per heavy atom. The predicted octanol–water partition coefficient (Wildman–Crippen LogP) is 7.48. The lowest BCUT2D eigenvalue weighted by Gasteiger charge is -2.16. The monoisotopic (exact) mass is 545 g/mol. The number of hydrogen-bond acceptors (Lipinski definition) is 7. The van der Waals surface area contributed by atoms with Gasteiger partial charge in [0.1, 0.15) is 11.0 Å². The minimum atomic E-state index is -0.487. The molecule has 37 heavy (non-hydrogen) atoms. The molecule has 3 aromatic carbocycles. The van der Waals surface area contributed by atoms with Crippen LogP contribution in [-0.4, -0.2) is 23.4 Å². The predicted molar refractivity (Wildman–Crippen MR) is 153 cm³/mol. The first-order valence-electron chi connectivity index (χ1n) is 11.6. The standard InChI is InChI=1S/C28H23N3O3S3/c1-2-34-20-12-15-22-24(17-20)37-28(30-22)31-27(33)25(18-7-4-3-5-8-18)36-21-13-10-19(11-14-21)29-26(32)23-9-6-16-35-23/h3-17,25H,2H2,1H3,(H,29,32)(H,30,31,33). The highest BCUT2D eigenvalue weighted by molar-refractivity contribution is 8.00. The second kappa shape index (κ2) is 11.6. The molecule has 186 valence electrons. The van der Waals surface area contributed by atoms with Crippen LogP contribution in [-0.2, 0) is 4.79 Å². The highest BCUT2D eigenvalue weighted by Gasteiger charge is 2.23. The summed E-state index contributed by atoms with van der Waals surface area (Å²) in [5.41, 5.74) is 2.40. The Labute approximate surface area is 226 Å². The molecule has 5 aromatic rings. The van der Waals surface area contributed by atoms with Crippen LogP contribution in [0.25, 0.3) is 10.2 Å². The third-order valence-electron chi connectivity index (χ3n) is 5.35. The number of rotatable bonds is 9. The molecule has 0 saturated carbocycles. The Morgan fingerprint density at radius 1 is 0.973 bits per heavy atom. The van der Waals surface area contributed by atoms with Crippen LogP contribution in [0.15, 0.2) is 95.2 Å². The summed E-state index contributed by atoms with van der Waals surface area (Å²) in [7, 11) is 0. The summed E-state index contributed by atoms with van der Waals surface area (Å²) >= 11 is 4.26. The first-order chi connectivity index (χ1) is 18.1. The molecule has 2 heterocycles. The number of nitrogens with one attached hydrogen (secondary N) is 2. The molecule has 0 radical (unpaired) electrons. The van der Waals surface area contributed by atoms with E-state index in [1.807, 2.05) is 91.2 Å². The van der Waals surface area contributed by atoms with Crippen molar-refractivity contribution < 1.29 is 14.3 Å². The fourth-order valence-corrected chi connectivity index (χ4v) is 6.18. The number of anilines is 2. The first kappa shape index (κ1) is 25.0. The van der Waals surface area contributed by atoms with Gasteiger partial charge in [0.15, 0.2) is 5.13 Å². The molecule has 0 aliphatic rings. The number of hydrogen-bond donors (Lipinski definition) is 2. The van der Waals surface area contributed by atoms with Crippen molar-refractivity contribution in [3.05, 3.63) is 101 Å². The number of benzene rings is 3. The van der Waals surface area contributed by atoms with Crippen LogP contribution in [0, 0.1) is 0 Å². The van der Waals surface area contributed by atoms with Gasteiger partial charge in [-0.3, -0.25) is 9.59 Å². The Kier molecular flexibility index (Phi) is 7.84. The summed E-state index contributed by atoms with van der Waals surface area (Å²) in [5, 5.41) is 7.84. The van der Waals surface area contributed by atoms with Crippen molar-refractivity contribution in [1.82, 2.24) is 4.98 Å². The Hall–Kier alpha value is -3.66. The van der Waals surface area contributed by atoms with Gasteiger partial charge in [-0.25, -0.2) is 4.98 Å². The second-order valence-corrected chi connectivity index (χ2v) is 11.1. The number of carbonyl (C=O) groups is 2. The number of ether oxygens (including phenoxy) is 1. The molecular weight excluding hydrogens is 523 g/mol. The van der Waals surface area contributed by atoms with Gasteiger partial charge in [0.2, 0.25) is 5.91 Å². The van der Waals surface area contributed by atoms with Crippen LogP contribution in [0.3, 0.4) is 0 Å². The summed E-state index contributed by atoms with van der Waals surface area (Å²) in [6.45, 7) is 2.53. The van der Waals surface area contributed by atoms with E-state index in [9.17, 15) is 9.59 Å². The van der Waals surface area contributed by atoms with Gasteiger partial charge in [-0.05, 0) is 66.4 Å². The van der Waals surface area contributed by atoms with Crippen LogP contribution in [0.1, 0.15) is 27.4 Å². The van der Waals surface area contributed by atoms with Crippen LogP contribution in [0.5, 0.6) is 5.75 Å². The van der Waals surface area contributed by atoms with Crippen LogP contribution >= 0.6 is 34.4 Å². The molecule has 1 atom stereocenters. The number of aromatic nitrogens is 1. The molecule has 2 amide bonds. The molecule has 0 fully saturated rings. The number of thiazole rings is 1. The number of carbonyl (C=O) groups excluding carboxylic acids is 2. The van der Waals surface area contributed by atoms with Crippen molar-refractivity contribution in [2.75, 3.05) is 17.2 Å². The topological polar surface area (TPSA) is 80.3 Å². The highest BCUT2D eigenvalue weighted by atomic mass is 32.2. The zero-order valence-electron chi connectivity index (χ0n) is 19.8. The van der Waals surface area contributed by atoms with Gasteiger partial charge >= 0.3 is 0 Å². The van der Waals surface area contributed by atoms with E-state index >= 15 is 0 Å². The molecule has 0 bridgehead atoms. The van der Waals surface area contributed by atoms with E-state index in [2.05, 4.69) is 15.6 Å². The third kappa shape index (κ3) is 6.19. The Balaban J connectivity index is 1.32. The Morgan fingerprint density at radius 3 is 2.51 bits per heavy atom. The van der Waals surface area contributed by atoms with Gasteiger partial charge in [0.05, 0.1) is 21.7 Å². The number of nitrogens with zero attached hydrogens (tertiary/aromatic N) is 1. The van der Waals surface area contributed by atoms with E-state index in [0.717, 1.165) is 26.4 Å². The molecule has 1 unspecified atom stereocenters. The second-order valence-electron chi connectivity index (χ2n) is 7.94. The maximum atomic E-state index is 13.5. The fourth-order valence-electron chi connectivity index (χ4n) is 3.64. The van der Waals surface area contributed by atoms with Crippen molar-refractivity contribution in [3.8, 4) is 5.75 Å². The van der Waals surface area contributed by atoms with E-state index in [-0.39, 0.29) is 11.8 Å². The molecule has 0 aliphatic carbocycles. The molecule has 6 nitrogen and oxygen atoms in total. The van der Waals surface area contributed by atoms with Crippen molar-refractivity contribution in [2.45, 2.75) is 17.1 Å². The Bertz CT molecular complexity index is 1500. The SMILES string of the molecule is CCOc1ccc2nc(NC(=O)C(Sc3ccc(NC(=O)c4cccs4)cc3)c3ccccc3)sc2c1. The highest BCUT2D eigenvalue weighted by Crippen LogP contribution is 2.38. The summed E-state index contributed by atoms with van der Waals surface area (Å²) in [4.78, 5) is 31.9. The van der Waals surface area contributed by atoms with Crippen LogP contribution in [0.2, 0.25) is 0 Å². The van der Waals surface area contributed by atoms with Gasteiger partial charge in [-0.2, -0.15) is 0 Å². The molecule has 9 heteroatoms. The fraction of sp³-hybridized carbons (Fsp3) is 0.107. The zero-order valence-corrected chi connectivity index (χ0v) is 22.3. The average molecular weight is 546 g/mol. The maximum absolute atomic E-state index is 13.5. The zero-order chi connectivity index (χ0) is 25.6. The third-order valence-corrected chi connectivity index (χ3v) is 8.42. The van der Waals surface area contributed by atoms with Crippen LogP contribution < -0.4 is 15.4 Å². The van der Waals surface area contributed by atoms with Gasteiger partial charge in [-0.1, -0.05) is 47.7 Å². The van der Waals surface area contributed by atoms with Crippen molar-refractivity contribution in [2.24, 2.45) is 0 Å². The number of fused-ring (bicyclic) bond motifs is 1. The van der Waals surface area contributed by atoms with E-state index in [1.54, 1.807) is 6.07 Å². The first-order valence-corrected chi connectivity index (χ1v) is 14.2. The molecule has 0 saturated heterocycles. The number of amides is 2.